The minimum atomic E-state index is -0.372. The van der Waals surface area contributed by atoms with E-state index in [4.69, 9.17) is 11.6 Å². The van der Waals surface area contributed by atoms with Gasteiger partial charge in [-0.3, -0.25) is 14.9 Å². The molecular weight excluding hydrogens is 248 g/mol. The van der Waals surface area contributed by atoms with E-state index in [1.807, 2.05) is 12.1 Å². The van der Waals surface area contributed by atoms with Gasteiger partial charge in [0.25, 0.3) is 0 Å². The number of rotatable bonds is 4. The zero-order valence-electron chi connectivity index (χ0n) is 8.46. The van der Waals surface area contributed by atoms with Gasteiger partial charge in [-0.25, -0.2) is 0 Å². The molecule has 1 aliphatic rings. The van der Waals surface area contributed by atoms with Crippen LogP contribution in [0.15, 0.2) is 12.1 Å². The number of carbonyl (C=O) groups excluding carboxylic acids is 2. The minimum Gasteiger partial charge on any atom is -0.305 e. The fraction of sp³-hybridized carbons (Fsp3) is 0.400. The SMILES string of the molecule is O=C1CC(NCCc2ccc(Cl)s2)C(=O)N1. The average molecular weight is 259 g/mol. The van der Waals surface area contributed by atoms with Gasteiger partial charge in [-0.2, -0.15) is 0 Å². The minimum absolute atomic E-state index is 0.207. The second kappa shape index (κ2) is 4.95. The number of hydrogen-bond donors (Lipinski definition) is 2. The molecule has 1 atom stereocenters. The van der Waals surface area contributed by atoms with E-state index in [0.717, 1.165) is 10.8 Å². The van der Waals surface area contributed by atoms with Crippen LogP contribution in [0.5, 0.6) is 0 Å². The zero-order valence-corrected chi connectivity index (χ0v) is 10.0. The van der Waals surface area contributed by atoms with Crippen molar-refractivity contribution in [1.29, 1.82) is 0 Å². The molecule has 1 saturated heterocycles. The van der Waals surface area contributed by atoms with Gasteiger partial charge >= 0.3 is 0 Å². The first-order valence-electron chi connectivity index (χ1n) is 4.96. The normalized spacial score (nSPS) is 20.2. The highest BCUT2D eigenvalue weighted by atomic mass is 35.5. The van der Waals surface area contributed by atoms with Crippen LogP contribution in [-0.4, -0.2) is 24.4 Å². The van der Waals surface area contributed by atoms with Crippen molar-refractivity contribution in [3.05, 3.63) is 21.3 Å². The Morgan fingerprint density at radius 2 is 2.31 bits per heavy atom. The fourth-order valence-electron chi connectivity index (χ4n) is 1.57. The predicted octanol–water partition coefficient (Wildman–Crippen LogP) is 0.949. The van der Waals surface area contributed by atoms with Crippen LogP contribution in [0.2, 0.25) is 4.34 Å². The van der Waals surface area contributed by atoms with Crippen LogP contribution in [0.1, 0.15) is 11.3 Å². The Labute approximate surface area is 102 Å². The second-order valence-corrected chi connectivity index (χ2v) is 5.38. The van der Waals surface area contributed by atoms with E-state index in [1.165, 1.54) is 16.2 Å². The van der Waals surface area contributed by atoms with Gasteiger partial charge in [0, 0.05) is 11.4 Å². The number of carbonyl (C=O) groups is 2. The molecule has 0 saturated carbocycles. The molecule has 0 radical (unpaired) electrons. The first-order chi connectivity index (χ1) is 7.65. The average Bonchev–Trinajstić information content (AvgIpc) is 2.74. The van der Waals surface area contributed by atoms with E-state index in [-0.39, 0.29) is 24.3 Å². The second-order valence-electron chi connectivity index (χ2n) is 3.58. The summed E-state index contributed by atoms with van der Waals surface area (Å²) >= 11 is 7.33. The van der Waals surface area contributed by atoms with Gasteiger partial charge in [0.05, 0.1) is 16.8 Å². The summed E-state index contributed by atoms with van der Waals surface area (Å²) < 4.78 is 0.767. The summed E-state index contributed by atoms with van der Waals surface area (Å²) in [5.41, 5.74) is 0. The van der Waals surface area contributed by atoms with E-state index in [2.05, 4.69) is 10.6 Å². The standard InChI is InChI=1S/C10H11ClN2O2S/c11-8-2-1-6(16-8)3-4-12-7-5-9(14)13-10(7)15/h1-2,7,12H,3-5H2,(H,13,14,15). The van der Waals surface area contributed by atoms with E-state index < -0.39 is 0 Å². The number of thiophene rings is 1. The highest BCUT2D eigenvalue weighted by Gasteiger charge is 2.29. The molecule has 1 unspecified atom stereocenters. The van der Waals surface area contributed by atoms with Crippen molar-refractivity contribution in [3.8, 4) is 0 Å². The molecule has 0 bridgehead atoms. The molecule has 1 aromatic heterocycles. The molecule has 1 aliphatic heterocycles. The number of amides is 2. The molecule has 0 aromatic carbocycles. The molecule has 2 heterocycles. The summed E-state index contributed by atoms with van der Waals surface area (Å²) in [4.78, 5) is 23.3. The van der Waals surface area contributed by atoms with Crippen LogP contribution in [0.25, 0.3) is 0 Å². The van der Waals surface area contributed by atoms with Gasteiger partial charge < -0.3 is 5.32 Å². The zero-order chi connectivity index (χ0) is 11.5. The molecule has 6 heteroatoms. The molecule has 1 fully saturated rings. The maximum atomic E-state index is 11.2. The van der Waals surface area contributed by atoms with Gasteiger partial charge in [-0.05, 0) is 18.6 Å². The first kappa shape index (κ1) is 11.6. The molecule has 86 valence electrons. The van der Waals surface area contributed by atoms with E-state index in [9.17, 15) is 9.59 Å². The van der Waals surface area contributed by atoms with Crippen molar-refractivity contribution < 1.29 is 9.59 Å². The third kappa shape index (κ3) is 2.81. The summed E-state index contributed by atoms with van der Waals surface area (Å²) in [5.74, 6) is -0.434. The Balaban J connectivity index is 1.76. The summed E-state index contributed by atoms with van der Waals surface area (Å²) in [6, 6.07) is 3.45. The van der Waals surface area contributed by atoms with Gasteiger partial charge in [0.1, 0.15) is 0 Å². The van der Waals surface area contributed by atoms with Crippen molar-refractivity contribution in [2.24, 2.45) is 0 Å². The molecule has 0 aliphatic carbocycles. The van der Waals surface area contributed by atoms with Crippen LogP contribution < -0.4 is 10.6 Å². The third-order valence-electron chi connectivity index (χ3n) is 2.36. The van der Waals surface area contributed by atoms with Crippen LogP contribution in [-0.2, 0) is 16.0 Å². The van der Waals surface area contributed by atoms with Gasteiger partial charge in [-0.15, -0.1) is 11.3 Å². The third-order valence-corrected chi connectivity index (χ3v) is 3.65. The Morgan fingerprint density at radius 3 is 2.88 bits per heavy atom. The van der Waals surface area contributed by atoms with E-state index >= 15 is 0 Å². The lowest BCUT2D eigenvalue weighted by Gasteiger charge is -2.07. The molecule has 2 amide bonds. The lowest BCUT2D eigenvalue weighted by molar-refractivity contribution is -0.125. The summed E-state index contributed by atoms with van der Waals surface area (Å²) in [6.45, 7) is 0.669. The van der Waals surface area contributed by atoms with Crippen molar-refractivity contribution in [1.82, 2.24) is 10.6 Å². The van der Waals surface area contributed by atoms with Crippen LogP contribution in [0.4, 0.5) is 0 Å². The quantitative estimate of drug-likeness (QED) is 0.791. The number of imide groups is 1. The van der Waals surface area contributed by atoms with Gasteiger partial charge in [-0.1, -0.05) is 11.6 Å². The maximum absolute atomic E-state index is 11.2. The highest BCUT2D eigenvalue weighted by Crippen LogP contribution is 2.21. The lowest BCUT2D eigenvalue weighted by Crippen LogP contribution is -2.37. The number of halogens is 1. The number of hydrogen-bond acceptors (Lipinski definition) is 4. The topological polar surface area (TPSA) is 58.2 Å². The van der Waals surface area contributed by atoms with E-state index in [1.54, 1.807) is 0 Å². The van der Waals surface area contributed by atoms with Gasteiger partial charge in [0.15, 0.2) is 0 Å². The maximum Gasteiger partial charge on any atom is 0.244 e. The van der Waals surface area contributed by atoms with Crippen molar-refractivity contribution >= 4 is 34.8 Å². The first-order valence-corrected chi connectivity index (χ1v) is 6.16. The monoisotopic (exact) mass is 258 g/mol. The Morgan fingerprint density at radius 1 is 1.50 bits per heavy atom. The molecule has 2 N–H and O–H groups in total. The molecule has 2 rings (SSSR count). The van der Waals surface area contributed by atoms with Gasteiger partial charge in [0.2, 0.25) is 11.8 Å². The highest BCUT2D eigenvalue weighted by molar-refractivity contribution is 7.16. The predicted molar refractivity (Wildman–Crippen MR) is 62.6 cm³/mol. The van der Waals surface area contributed by atoms with Crippen LogP contribution in [0, 0.1) is 0 Å². The van der Waals surface area contributed by atoms with Crippen LogP contribution in [0.3, 0.4) is 0 Å². The Bertz CT molecular complexity index is 419. The number of nitrogens with one attached hydrogen (secondary N) is 2. The molecule has 4 nitrogen and oxygen atoms in total. The van der Waals surface area contributed by atoms with Crippen molar-refractivity contribution in [2.45, 2.75) is 18.9 Å². The smallest absolute Gasteiger partial charge is 0.244 e. The largest absolute Gasteiger partial charge is 0.305 e. The molecule has 1 aromatic rings. The summed E-state index contributed by atoms with van der Waals surface area (Å²) in [6.07, 6.45) is 1.05. The molecular formula is C10H11ClN2O2S. The molecule has 0 spiro atoms. The summed E-state index contributed by atoms with van der Waals surface area (Å²) in [7, 11) is 0. The Hall–Kier alpha value is -0.910. The van der Waals surface area contributed by atoms with Crippen molar-refractivity contribution in [2.75, 3.05) is 6.54 Å². The molecule has 16 heavy (non-hydrogen) atoms. The van der Waals surface area contributed by atoms with Crippen molar-refractivity contribution in [3.63, 3.8) is 0 Å². The Kier molecular flexibility index (Phi) is 3.58. The fourth-order valence-corrected chi connectivity index (χ4v) is 2.66. The summed E-state index contributed by atoms with van der Waals surface area (Å²) in [5, 5.41) is 5.31. The van der Waals surface area contributed by atoms with E-state index in [0.29, 0.717) is 6.54 Å². The lowest BCUT2D eigenvalue weighted by atomic mass is 10.2. The van der Waals surface area contributed by atoms with Crippen LogP contribution >= 0.6 is 22.9 Å².